The Morgan fingerprint density at radius 2 is 1.83 bits per heavy atom. The van der Waals surface area contributed by atoms with E-state index < -0.39 is 11.7 Å². The topological polar surface area (TPSA) is 37.8 Å². The molecule has 0 aliphatic rings. The van der Waals surface area contributed by atoms with Crippen molar-refractivity contribution in [2.75, 3.05) is 5.32 Å². The van der Waals surface area contributed by atoms with Crippen LogP contribution in [0.25, 0.3) is 10.9 Å². The van der Waals surface area contributed by atoms with E-state index in [4.69, 9.17) is 11.6 Å². The first kappa shape index (κ1) is 15.6. The Labute approximate surface area is 135 Å². The second-order valence-electron chi connectivity index (χ2n) is 4.89. The lowest BCUT2D eigenvalue weighted by Crippen LogP contribution is -2.12. The van der Waals surface area contributed by atoms with Crippen molar-refractivity contribution in [3.63, 3.8) is 0 Å². The van der Waals surface area contributed by atoms with Crippen LogP contribution in [0.3, 0.4) is 0 Å². The fraction of sp³-hybridized carbons (Fsp3) is 0.125. The highest BCUT2D eigenvalue weighted by Gasteiger charge is 2.32. The molecule has 3 rings (SSSR count). The summed E-state index contributed by atoms with van der Waals surface area (Å²) in [5.74, 6) is 0.462. The summed E-state index contributed by atoms with van der Waals surface area (Å²) in [4.78, 5) is 8.20. The van der Waals surface area contributed by atoms with Gasteiger partial charge in [-0.3, -0.25) is 0 Å². The molecule has 0 spiro atoms. The summed E-state index contributed by atoms with van der Waals surface area (Å²) in [6.07, 6.45) is -3.05. The highest BCUT2D eigenvalue weighted by Crippen LogP contribution is 2.32. The maximum atomic E-state index is 13.0. The first-order valence-corrected chi connectivity index (χ1v) is 7.12. The zero-order valence-corrected chi connectivity index (χ0v) is 12.5. The Hall–Kier alpha value is -2.34. The molecule has 0 aliphatic carbocycles. The van der Waals surface area contributed by atoms with Crippen molar-refractivity contribution in [3.05, 3.63) is 64.9 Å². The van der Waals surface area contributed by atoms with Crippen LogP contribution in [-0.4, -0.2) is 9.97 Å². The van der Waals surface area contributed by atoms with E-state index in [-0.39, 0.29) is 12.1 Å². The summed E-state index contributed by atoms with van der Waals surface area (Å²) >= 11 is 5.91. The molecule has 0 atom stereocenters. The van der Waals surface area contributed by atoms with Crippen molar-refractivity contribution in [3.8, 4) is 0 Å². The lowest BCUT2D eigenvalue weighted by Gasteiger charge is -2.14. The van der Waals surface area contributed by atoms with E-state index in [0.717, 1.165) is 6.07 Å². The summed E-state index contributed by atoms with van der Waals surface area (Å²) in [6, 6.07) is 10.5. The van der Waals surface area contributed by atoms with Crippen molar-refractivity contribution in [1.82, 2.24) is 9.97 Å². The Balaban J connectivity index is 1.90. The third-order valence-electron chi connectivity index (χ3n) is 3.37. The second-order valence-corrected chi connectivity index (χ2v) is 5.33. The van der Waals surface area contributed by atoms with E-state index in [0.29, 0.717) is 21.7 Å². The maximum Gasteiger partial charge on any atom is 0.416 e. The normalized spacial score (nSPS) is 11.7. The van der Waals surface area contributed by atoms with Crippen LogP contribution in [0.4, 0.5) is 19.0 Å². The van der Waals surface area contributed by atoms with E-state index in [2.05, 4.69) is 15.3 Å². The molecule has 118 valence electrons. The molecule has 23 heavy (non-hydrogen) atoms. The smallest absolute Gasteiger partial charge is 0.365 e. The van der Waals surface area contributed by atoms with E-state index in [9.17, 15) is 13.2 Å². The van der Waals surface area contributed by atoms with Crippen molar-refractivity contribution < 1.29 is 13.2 Å². The molecule has 3 nitrogen and oxygen atoms in total. The highest BCUT2D eigenvalue weighted by molar-refractivity contribution is 6.31. The third-order valence-corrected chi connectivity index (χ3v) is 3.60. The second kappa shape index (κ2) is 6.04. The molecule has 0 bridgehead atoms. The van der Waals surface area contributed by atoms with Crippen LogP contribution >= 0.6 is 11.6 Å². The molecule has 0 aliphatic heterocycles. The summed E-state index contributed by atoms with van der Waals surface area (Å²) in [5, 5.41) is 4.17. The molecule has 0 radical (unpaired) electrons. The number of nitrogens with one attached hydrogen (secondary N) is 1. The van der Waals surface area contributed by atoms with E-state index in [1.54, 1.807) is 24.3 Å². The molecule has 7 heteroatoms. The van der Waals surface area contributed by atoms with Crippen LogP contribution in [0.15, 0.2) is 48.8 Å². The lowest BCUT2D eigenvalue weighted by molar-refractivity contribution is -0.138. The van der Waals surface area contributed by atoms with Gasteiger partial charge in [0, 0.05) is 17.0 Å². The van der Waals surface area contributed by atoms with Gasteiger partial charge in [-0.05, 0) is 29.8 Å². The molecule has 1 heterocycles. The van der Waals surface area contributed by atoms with E-state index in [1.165, 1.54) is 18.5 Å². The Morgan fingerprint density at radius 1 is 1.04 bits per heavy atom. The number of rotatable bonds is 3. The van der Waals surface area contributed by atoms with Crippen molar-refractivity contribution in [1.29, 1.82) is 0 Å². The fourth-order valence-electron chi connectivity index (χ4n) is 2.30. The Morgan fingerprint density at radius 3 is 2.61 bits per heavy atom. The summed E-state index contributed by atoms with van der Waals surface area (Å²) in [5.41, 5.74) is 0.119. The van der Waals surface area contributed by atoms with Gasteiger partial charge in [-0.2, -0.15) is 13.2 Å². The van der Waals surface area contributed by atoms with Crippen molar-refractivity contribution >= 4 is 28.3 Å². The number of hydrogen-bond acceptors (Lipinski definition) is 3. The van der Waals surface area contributed by atoms with Gasteiger partial charge in [0.05, 0.1) is 11.1 Å². The van der Waals surface area contributed by atoms with Crippen LogP contribution in [0.5, 0.6) is 0 Å². The summed E-state index contributed by atoms with van der Waals surface area (Å²) < 4.78 is 39.0. The maximum absolute atomic E-state index is 13.0. The number of benzene rings is 2. The number of aromatic nitrogens is 2. The number of nitrogens with zero attached hydrogens (tertiary/aromatic N) is 2. The van der Waals surface area contributed by atoms with Gasteiger partial charge < -0.3 is 5.32 Å². The predicted octanol–water partition coefficient (Wildman–Crippen LogP) is 4.91. The molecule has 1 aromatic heterocycles. The van der Waals surface area contributed by atoms with Gasteiger partial charge in [-0.1, -0.05) is 29.8 Å². The average Bonchev–Trinajstić information content (AvgIpc) is 2.52. The molecule has 0 unspecified atom stereocenters. The van der Waals surface area contributed by atoms with Crippen LogP contribution in [0, 0.1) is 0 Å². The highest BCUT2D eigenvalue weighted by atomic mass is 35.5. The van der Waals surface area contributed by atoms with Gasteiger partial charge in [0.15, 0.2) is 0 Å². The lowest BCUT2D eigenvalue weighted by atomic mass is 10.1. The molecule has 2 aromatic carbocycles. The van der Waals surface area contributed by atoms with E-state index >= 15 is 0 Å². The van der Waals surface area contributed by atoms with E-state index in [1.807, 2.05) is 0 Å². The largest absolute Gasteiger partial charge is 0.416 e. The number of alkyl halides is 3. The standard InChI is InChI=1S/C16H11ClF3N3/c17-11-5-6-12-14(7-11)22-9-23-15(12)21-8-10-3-1-2-4-13(10)16(18,19)20/h1-7,9H,8H2,(H,21,22,23). The van der Waals surface area contributed by atoms with Crippen LogP contribution in [0.2, 0.25) is 5.02 Å². The summed E-state index contributed by atoms with van der Waals surface area (Å²) in [6.45, 7) is 0.00439. The SMILES string of the molecule is FC(F)(F)c1ccccc1CNc1ncnc2cc(Cl)ccc12. The van der Waals surface area contributed by atoms with Crippen molar-refractivity contribution in [2.24, 2.45) is 0 Å². The van der Waals surface area contributed by atoms with Crippen molar-refractivity contribution in [2.45, 2.75) is 12.7 Å². The monoisotopic (exact) mass is 337 g/mol. The molecule has 0 saturated heterocycles. The quantitative estimate of drug-likeness (QED) is 0.737. The molecule has 1 N–H and O–H groups in total. The Bertz CT molecular complexity index is 849. The zero-order valence-electron chi connectivity index (χ0n) is 11.7. The third kappa shape index (κ3) is 3.37. The number of halogens is 4. The number of fused-ring (bicyclic) bond motifs is 1. The van der Waals surface area contributed by atoms with Crippen LogP contribution < -0.4 is 5.32 Å². The molecule has 0 fully saturated rings. The fourth-order valence-corrected chi connectivity index (χ4v) is 2.47. The van der Waals surface area contributed by atoms with Gasteiger partial charge in [-0.15, -0.1) is 0 Å². The minimum atomic E-state index is -4.39. The molecular weight excluding hydrogens is 327 g/mol. The molecule has 0 amide bonds. The van der Waals surface area contributed by atoms with Gasteiger partial charge in [0.1, 0.15) is 12.1 Å². The molecule has 0 saturated carbocycles. The van der Waals surface area contributed by atoms with Gasteiger partial charge in [-0.25, -0.2) is 9.97 Å². The number of anilines is 1. The Kier molecular flexibility index (Phi) is 4.09. The van der Waals surface area contributed by atoms with Crippen LogP contribution in [0.1, 0.15) is 11.1 Å². The average molecular weight is 338 g/mol. The first-order chi connectivity index (χ1) is 10.9. The van der Waals surface area contributed by atoms with Crippen LogP contribution in [-0.2, 0) is 12.7 Å². The van der Waals surface area contributed by atoms with Gasteiger partial charge >= 0.3 is 6.18 Å². The minimum absolute atomic E-state index is 0.00439. The van der Waals surface area contributed by atoms with Gasteiger partial charge in [0.2, 0.25) is 0 Å². The number of hydrogen-bond donors (Lipinski definition) is 1. The zero-order chi connectivity index (χ0) is 16.4. The van der Waals surface area contributed by atoms with Gasteiger partial charge in [0.25, 0.3) is 0 Å². The minimum Gasteiger partial charge on any atom is -0.365 e. The first-order valence-electron chi connectivity index (χ1n) is 6.74. The summed E-state index contributed by atoms with van der Waals surface area (Å²) in [7, 11) is 0. The molecular formula is C16H11ClF3N3. The predicted molar refractivity (Wildman–Crippen MR) is 83.3 cm³/mol. The molecule has 3 aromatic rings.